The third-order valence-electron chi connectivity index (χ3n) is 1.13. The van der Waals surface area contributed by atoms with Crippen LogP contribution in [-0.2, 0) is 12.8 Å². The molecule has 1 aromatic rings. The highest BCUT2D eigenvalue weighted by Crippen LogP contribution is 2.11. The maximum atomic E-state index is 5.54. The Morgan fingerprint density at radius 3 is 1.82 bits per heavy atom. The molecule has 0 amide bonds. The lowest BCUT2D eigenvalue weighted by molar-refractivity contribution is 0.940. The summed E-state index contributed by atoms with van der Waals surface area (Å²) in [4.78, 5) is 0. The molecule has 0 aliphatic heterocycles. The van der Waals surface area contributed by atoms with Crippen LogP contribution in [0, 0.1) is 0 Å². The van der Waals surface area contributed by atoms with Crippen molar-refractivity contribution in [2.24, 2.45) is 0 Å². The van der Waals surface area contributed by atoms with Gasteiger partial charge in [-0.2, -0.15) is 0 Å². The van der Waals surface area contributed by atoms with E-state index in [2.05, 4.69) is 10.2 Å². The summed E-state index contributed by atoms with van der Waals surface area (Å²) in [6.45, 7) is 0. The summed E-state index contributed by atoms with van der Waals surface area (Å²) in [7, 11) is 0. The summed E-state index contributed by atoms with van der Waals surface area (Å²) in [5, 5.41) is 9.90. The van der Waals surface area contributed by atoms with Gasteiger partial charge in [-0.25, -0.2) is 0 Å². The Morgan fingerprint density at radius 1 is 1.00 bits per heavy atom. The van der Waals surface area contributed by atoms with Crippen LogP contribution in [0.4, 0.5) is 0 Å². The summed E-state index contributed by atoms with van der Waals surface area (Å²) < 4.78 is 0. The van der Waals surface area contributed by atoms with Crippen LogP contribution in [0.25, 0.3) is 0 Å². The Labute approximate surface area is 79.5 Å². The van der Waals surface area contributed by atoms with Gasteiger partial charge >= 0.3 is 0 Å². The Bertz CT molecular complexity index is 194. The minimum atomic E-state index is 0.607. The molecule has 1 aromatic heterocycles. The Balaban J connectivity index is 2.51. The van der Waals surface area contributed by atoms with Crippen molar-refractivity contribution in [2.75, 3.05) is 11.8 Å². The van der Waals surface area contributed by atoms with Crippen LogP contribution in [0.3, 0.4) is 0 Å². The van der Waals surface area contributed by atoms with Gasteiger partial charge in [-0.1, -0.05) is 0 Å². The van der Waals surface area contributed by atoms with E-state index in [-0.39, 0.29) is 0 Å². The van der Waals surface area contributed by atoms with Gasteiger partial charge in [-0.15, -0.1) is 44.7 Å². The average molecular weight is 211 g/mol. The molecule has 0 fully saturated rings. The second-order valence-electron chi connectivity index (χ2n) is 1.97. The first kappa shape index (κ1) is 9.23. The Morgan fingerprint density at radius 2 is 1.45 bits per heavy atom. The molecule has 0 spiro atoms. The molecule has 2 nitrogen and oxygen atoms in total. The molecule has 11 heavy (non-hydrogen) atoms. The fourth-order valence-corrected chi connectivity index (χ4v) is 2.08. The van der Waals surface area contributed by atoms with E-state index in [9.17, 15) is 0 Å². The average Bonchev–Trinajstić information content (AvgIpc) is 2.38. The SMILES string of the molecule is ClCCc1nnc(CCCl)s1. The normalized spacial score (nSPS) is 10.4. The maximum Gasteiger partial charge on any atom is 0.118 e. The van der Waals surface area contributed by atoms with Gasteiger partial charge in [-0.05, 0) is 0 Å². The number of aryl methyl sites for hydroxylation is 2. The third kappa shape index (κ3) is 2.93. The molecule has 0 aliphatic carbocycles. The summed E-state index contributed by atoms with van der Waals surface area (Å²) >= 11 is 12.7. The summed E-state index contributed by atoms with van der Waals surface area (Å²) in [6.07, 6.45) is 1.61. The van der Waals surface area contributed by atoms with E-state index in [4.69, 9.17) is 23.2 Å². The molecule has 0 bridgehead atoms. The molecule has 0 unspecified atom stereocenters. The molecule has 0 saturated carbocycles. The summed E-state index contributed by atoms with van der Waals surface area (Å²) in [5.41, 5.74) is 0. The zero-order valence-electron chi connectivity index (χ0n) is 5.89. The van der Waals surface area contributed by atoms with Crippen LogP contribution >= 0.6 is 34.5 Å². The highest BCUT2D eigenvalue weighted by molar-refractivity contribution is 7.11. The number of nitrogens with zero attached hydrogens (tertiary/aromatic N) is 2. The number of hydrogen-bond donors (Lipinski definition) is 0. The van der Waals surface area contributed by atoms with Crippen molar-refractivity contribution in [3.8, 4) is 0 Å². The standard InChI is InChI=1S/C6H8Cl2N2S/c7-3-1-5-9-10-6(11-5)2-4-8/h1-4H2. The van der Waals surface area contributed by atoms with E-state index in [1.807, 2.05) is 0 Å². The molecule has 0 radical (unpaired) electrons. The zero-order chi connectivity index (χ0) is 8.10. The Hall–Kier alpha value is 0.140. The topological polar surface area (TPSA) is 25.8 Å². The number of hydrogen-bond acceptors (Lipinski definition) is 3. The van der Waals surface area contributed by atoms with Crippen LogP contribution in [-0.4, -0.2) is 22.0 Å². The fourth-order valence-electron chi connectivity index (χ4n) is 0.652. The van der Waals surface area contributed by atoms with Gasteiger partial charge in [0.05, 0.1) is 0 Å². The smallest absolute Gasteiger partial charge is 0.118 e. The molecule has 62 valence electrons. The van der Waals surface area contributed by atoms with Crippen LogP contribution < -0.4 is 0 Å². The van der Waals surface area contributed by atoms with Crippen LogP contribution in [0.5, 0.6) is 0 Å². The van der Waals surface area contributed by atoms with E-state index >= 15 is 0 Å². The number of alkyl halides is 2. The van der Waals surface area contributed by atoms with E-state index < -0.39 is 0 Å². The number of aromatic nitrogens is 2. The highest BCUT2D eigenvalue weighted by atomic mass is 35.5. The highest BCUT2D eigenvalue weighted by Gasteiger charge is 2.01. The van der Waals surface area contributed by atoms with Gasteiger partial charge in [0.15, 0.2) is 0 Å². The van der Waals surface area contributed by atoms with Crippen molar-refractivity contribution in [3.63, 3.8) is 0 Å². The quantitative estimate of drug-likeness (QED) is 0.712. The lowest BCUT2D eigenvalue weighted by Crippen LogP contribution is -1.84. The molecule has 1 rings (SSSR count). The largest absolute Gasteiger partial charge is 0.144 e. The van der Waals surface area contributed by atoms with Crippen molar-refractivity contribution < 1.29 is 0 Å². The minimum Gasteiger partial charge on any atom is -0.144 e. The van der Waals surface area contributed by atoms with Gasteiger partial charge in [0.25, 0.3) is 0 Å². The second kappa shape index (κ2) is 4.91. The molecule has 5 heteroatoms. The maximum absolute atomic E-state index is 5.54. The van der Waals surface area contributed by atoms with Gasteiger partial charge in [0.2, 0.25) is 0 Å². The van der Waals surface area contributed by atoms with Crippen LogP contribution in [0.2, 0.25) is 0 Å². The molecule has 0 atom stereocenters. The molecule has 0 N–H and O–H groups in total. The molecular weight excluding hydrogens is 203 g/mol. The first-order chi connectivity index (χ1) is 5.36. The zero-order valence-corrected chi connectivity index (χ0v) is 8.22. The predicted octanol–water partition coefficient (Wildman–Crippen LogP) is 2.10. The molecular formula is C6H8Cl2N2S. The fraction of sp³-hybridized carbons (Fsp3) is 0.667. The van der Waals surface area contributed by atoms with E-state index in [1.54, 1.807) is 11.3 Å². The molecule has 0 aromatic carbocycles. The van der Waals surface area contributed by atoms with Crippen LogP contribution in [0.1, 0.15) is 10.0 Å². The summed E-state index contributed by atoms with van der Waals surface area (Å²) in [6, 6.07) is 0. The van der Waals surface area contributed by atoms with Gasteiger partial charge in [0.1, 0.15) is 10.0 Å². The van der Waals surface area contributed by atoms with Gasteiger partial charge in [-0.3, -0.25) is 0 Å². The Kier molecular flexibility index (Phi) is 4.12. The van der Waals surface area contributed by atoms with Crippen molar-refractivity contribution in [1.29, 1.82) is 0 Å². The van der Waals surface area contributed by atoms with Gasteiger partial charge in [0, 0.05) is 24.6 Å². The second-order valence-corrected chi connectivity index (χ2v) is 3.87. The number of rotatable bonds is 4. The van der Waals surface area contributed by atoms with Crippen molar-refractivity contribution >= 4 is 34.5 Å². The van der Waals surface area contributed by atoms with Gasteiger partial charge < -0.3 is 0 Å². The molecule has 0 aliphatic rings. The molecule has 0 saturated heterocycles. The van der Waals surface area contributed by atoms with E-state index in [0.29, 0.717) is 11.8 Å². The predicted molar refractivity (Wildman–Crippen MR) is 48.8 cm³/mol. The van der Waals surface area contributed by atoms with Crippen molar-refractivity contribution in [1.82, 2.24) is 10.2 Å². The lowest BCUT2D eigenvalue weighted by Gasteiger charge is -1.84. The minimum absolute atomic E-state index is 0.607. The first-order valence-electron chi connectivity index (χ1n) is 3.30. The first-order valence-corrected chi connectivity index (χ1v) is 5.18. The third-order valence-corrected chi connectivity index (χ3v) is 2.55. The number of halogens is 2. The monoisotopic (exact) mass is 210 g/mol. The van der Waals surface area contributed by atoms with Crippen LogP contribution in [0.15, 0.2) is 0 Å². The van der Waals surface area contributed by atoms with Crippen molar-refractivity contribution in [2.45, 2.75) is 12.8 Å². The summed E-state index contributed by atoms with van der Waals surface area (Å²) in [5.74, 6) is 1.21. The van der Waals surface area contributed by atoms with Crippen molar-refractivity contribution in [3.05, 3.63) is 10.0 Å². The lowest BCUT2D eigenvalue weighted by atomic mass is 10.5. The molecule has 1 heterocycles. The van der Waals surface area contributed by atoms with E-state index in [1.165, 1.54) is 0 Å². The van der Waals surface area contributed by atoms with E-state index in [0.717, 1.165) is 22.9 Å².